The average molecular weight is 348 g/mol. The Labute approximate surface area is 144 Å². The van der Waals surface area contributed by atoms with Crippen LogP contribution in [0.25, 0.3) is 0 Å². The second kappa shape index (κ2) is 8.15. The van der Waals surface area contributed by atoms with Gasteiger partial charge >= 0.3 is 6.03 Å². The molecule has 1 heterocycles. The van der Waals surface area contributed by atoms with Gasteiger partial charge in [-0.05, 0) is 38.4 Å². The molecule has 0 unspecified atom stereocenters. The van der Waals surface area contributed by atoms with Gasteiger partial charge in [0, 0.05) is 6.54 Å². The van der Waals surface area contributed by atoms with Gasteiger partial charge in [-0.15, -0.1) is 0 Å². The number of carbonyl (C=O) groups excluding carboxylic acids is 1. The molecule has 9 nitrogen and oxygen atoms in total. The number of anilines is 1. The van der Waals surface area contributed by atoms with Gasteiger partial charge in [-0.2, -0.15) is 0 Å². The number of nitrogens with one attached hydrogen (secondary N) is 2. The van der Waals surface area contributed by atoms with Gasteiger partial charge in [-0.1, -0.05) is 0 Å². The van der Waals surface area contributed by atoms with E-state index in [4.69, 9.17) is 9.15 Å². The molecular formula is C16H20N4O5. The van der Waals surface area contributed by atoms with E-state index in [9.17, 15) is 14.9 Å². The summed E-state index contributed by atoms with van der Waals surface area (Å²) in [6.07, 6.45) is 1.56. The molecule has 0 aliphatic rings. The van der Waals surface area contributed by atoms with Gasteiger partial charge < -0.3 is 19.8 Å². The van der Waals surface area contributed by atoms with Crippen LogP contribution in [-0.2, 0) is 0 Å². The zero-order valence-corrected chi connectivity index (χ0v) is 14.2. The Morgan fingerprint density at radius 3 is 2.72 bits per heavy atom. The fourth-order valence-corrected chi connectivity index (χ4v) is 2.27. The molecule has 2 amide bonds. The molecule has 1 aromatic carbocycles. The standard InChI is InChI=1S/C16H20N4O5/c1-19(2)14(15-5-4-8-25-15)10-17-16(21)18-12-7-6-11(24-3)9-13(12)20(22)23/h4-9,14H,10H2,1-3H3,(H2,17,18,21)/t14-/m0/s1. The molecule has 1 aromatic heterocycles. The predicted octanol–water partition coefficient (Wildman–Crippen LogP) is 2.62. The van der Waals surface area contributed by atoms with E-state index in [1.807, 2.05) is 25.1 Å². The minimum atomic E-state index is -0.580. The number of likely N-dealkylation sites (N-methyl/N-ethyl adjacent to an activating group) is 1. The van der Waals surface area contributed by atoms with E-state index in [1.54, 1.807) is 12.3 Å². The molecule has 0 saturated heterocycles. The number of hydrogen-bond acceptors (Lipinski definition) is 6. The third kappa shape index (κ3) is 4.70. The van der Waals surface area contributed by atoms with Gasteiger partial charge in [0.2, 0.25) is 0 Å². The molecule has 0 radical (unpaired) electrons. The highest BCUT2D eigenvalue weighted by atomic mass is 16.6. The summed E-state index contributed by atoms with van der Waals surface area (Å²) < 4.78 is 10.3. The number of rotatable bonds is 7. The van der Waals surface area contributed by atoms with Crippen molar-refractivity contribution in [3.63, 3.8) is 0 Å². The van der Waals surface area contributed by atoms with Crippen LogP contribution in [-0.4, -0.2) is 43.6 Å². The van der Waals surface area contributed by atoms with E-state index in [-0.39, 0.29) is 24.0 Å². The molecule has 0 bridgehead atoms. The van der Waals surface area contributed by atoms with Gasteiger partial charge in [0.05, 0.1) is 30.4 Å². The van der Waals surface area contributed by atoms with Crippen molar-refractivity contribution in [1.29, 1.82) is 0 Å². The van der Waals surface area contributed by atoms with Crippen LogP contribution in [0.5, 0.6) is 5.75 Å². The summed E-state index contributed by atoms with van der Waals surface area (Å²) in [4.78, 5) is 24.6. The van der Waals surface area contributed by atoms with Crippen LogP contribution in [0, 0.1) is 10.1 Å². The van der Waals surface area contributed by atoms with Crippen molar-refractivity contribution in [2.45, 2.75) is 6.04 Å². The van der Waals surface area contributed by atoms with Crippen LogP contribution >= 0.6 is 0 Å². The highest BCUT2D eigenvalue weighted by molar-refractivity contribution is 5.92. The zero-order chi connectivity index (χ0) is 18.4. The molecule has 9 heteroatoms. The van der Waals surface area contributed by atoms with E-state index < -0.39 is 11.0 Å². The van der Waals surface area contributed by atoms with Crippen LogP contribution in [0.1, 0.15) is 11.8 Å². The highest BCUT2D eigenvalue weighted by Gasteiger charge is 2.20. The molecule has 0 aliphatic carbocycles. The lowest BCUT2D eigenvalue weighted by Gasteiger charge is -2.22. The molecule has 0 spiro atoms. The van der Waals surface area contributed by atoms with Crippen LogP contribution in [0.4, 0.5) is 16.2 Å². The first-order chi connectivity index (χ1) is 11.9. The number of urea groups is 1. The summed E-state index contributed by atoms with van der Waals surface area (Å²) in [6, 6.07) is 7.09. The first kappa shape index (κ1) is 18.3. The number of nitrogens with zero attached hydrogens (tertiary/aromatic N) is 2. The Morgan fingerprint density at radius 1 is 1.40 bits per heavy atom. The van der Waals surface area contributed by atoms with Crippen molar-refractivity contribution >= 4 is 17.4 Å². The molecule has 2 N–H and O–H groups in total. The Bertz CT molecular complexity index is 730. The quantitative estimate of drug-likeness (QED) is 0.588. The zero-order valence-electron chi connectivity index (χ0n) is 14.2. The Kier molecular flexibility index (Phi) is 5.96. The third-order valence-electron chi connectivity index (χ3n) is 3.60. The van der Waals surface area contributed by atoms with E-state index in [0.717, 1.165) is 0 Å². The van der Waals surface area contributed by atoms with E-state index >= 15 is 0 Å². The largest absolute Gasteiger partial charge is 0.496 e. The van der Waals surface area contributed by atoms with Gasteiger partial charge in [0.25, 0.3) is 5.69 Å². The van der Waals surface area contributed by atoms with Crippen molar-refractivity contribution in [3.05, 3.63) is 52.5 Å². The van der Waals surface area contributed by atoms with Gasteiger partial charge in [-0.3, -0.25) is 15.0 Å². The highest BCUT2D eigenvalue weighted by Crippen LogP contribution is 2.28. The SMILES string of the molecule is COc1ccc(NC(=O)NC[C@@H](c2ccco2)N(C)C)c([N+](=O)[O-])c1. The van der Waals surface area contributed by atoms with Crippen molar-refractivity contribution in [2.24, 2.45) is 0 Å². The molecule has 0 aliphatic heterocycles. The average Bonchev–Trinajstić information content (AvgIpc) is 3.09. The monoisotopic (exact) mass is 348 g/mol. The number of methoxy groups -OCH3 is 1. The second-order valence-corrected chi connectivity index (χ2v) is 5.47. The number of amides is 2. The first-order valence-electron chi connectivity index (χ1n) is 7.49. The summed E-state index contributed by atoms with van der Waals surface area (Å²) in [5.41, 5.74) is -0.160. The van der Waals surface area contributed by atoms with E-state index in [2.05, 4.69) is 10.6 Å². The van der Waals surface area contributed by atoms with Crippen molar-refractivity contribution in [2.75, 3.05) is 33.1 Å². The maximum Gasteiger partial charge on any atom is 0.319 e. The summed E-state index contributed by atoms with van der Waals surface area (Å²) in [7, 11) is 5.14. The van der Waals surface area contributed by atoms with Crippen molar-refractivity contribution in [1.82, 2.24) is 10.2 Å². The van der Waals surface area contributed by atoms with Crippen molar-refractivity contribution in [3.8, 4) is 5.75 Å². The van der Waals surface area contributed by atoms with Gasteiger partial charge in [0.15, 0.2) is 0 Å². The maximum absolute atomic E-state index is 12.1. The minimum absolute atomic E-state index is 0.0858. The normalized spacial score (nSPS) is 11.8. The Hall–Kier alpha value is -3.07. The number of furan rings is 1. The van der Waals surface area contributed by atoms with Crippen LogP contribution in [0.3, 0.4) is 0 Å². The predicted molar refractivity (Wildman–Crippen MR) is 91.8 cm³/mol. The van der Waals surface area contributed by atoms with Crippen LogP contribution in [0.15, 0.2) is 41.0 Å². The molecule has 2 aromatic rings. The molecular weight excluding hydrogens is 328 g/mol. The molecule has 134 valence electrons. The molecule has 0 saturated carbocycles. The maximum atomic E-state index is 12.1. The van der Waals surface area contributed by atoms with Crippen LogP contribution < -0.4 is 15.4 Å². The number of hydrogen-bond donors (Lipinski definition) is 2. The summed E-state index contributed by atoms with van der Waals surface area (Å²) >= 11 is 0. The van der Waals surface area contributed by atoms with Crippen molar-refractivity contribution < 1.29 is 18.9 Å². The lowest BCUT2D eigenvalue weighted by Crippen LogP contribution is -2.36. The van der Waals surface area contributed by atoms with E-state index in [1.165, 1.54) is 25.3 Å². The fourth-order valence-electron chi connectivity index (χ4n) is 2.27. The Balaban J connectivity index is 2.04. The molecule has 1 atom stereocenters. The van der Waals surface area contributed by atoms with Crippen LogP contribution in [0.2, 0.25) is 0 Å². The lowest BCUT2D eigenvalue weighted by molar-refractivity contribution is -0.384. The molecule has 25 heavy (non-hydrogen) atoms. The molecule has 0 fully saturated rings. The number of nitro benzene ring substituents is 1. The number of ether oxygens (including phenoxy) is 1. The first-order valence-corrected chi connectivity index (χ1v) is 7.49. The summed E-state index contributed by atoms with van der Waals surface area (Å²) in [5.74, 6) is 1.05. The topological polar surface area (TPSA) is 110 Å². The molecule has 2 rings (SSSR count). The Morgan fingerprint density at radius 2 is 2.16 bits per heavy atom. The number of carbonyl (C=O) groups is 1. The number of nitro groups is 1. The number of benzene rings is 1. The lowest BCUT2D eigenvalue weighted by atomic mass is 10.2. The second-order valence-electron chi connectivity index (χ2n) is 5.47. The third-order valence-corrected chi connectivity index (χ3v) is 3.60. The van der Waals surface area contributed by atoms with Gasteiger partial charge in [-0.25, -0.2) is 4.79 Å². The van der Waals surface area contributed by atoms with E-state index in [0.29, 0.717) is 11.5 Å². The van der Waals surface area contributed by atoms with Gasteiger partial charge in [0.1, 0.15) is 17.2 Å². The summed E-state index contributed by atoms with van der Waals surface area (Å²) in [5, 5.41) is 16.3. The summed E-state index contributed by atoms with van der Waals surface area (Å²) in [6.45, 7) is 0.274. The minimum Gasteiger partial charge on any atom is -0.496 e. The smallest absolute Gasteiger partial charge is 0.319 e. The fraction of sp³-hybridized carbons (Fsp3) is 0.312.